The molecule has 0 N–H and O–H groups in total. The molecule has 0 bridgehead atoms. The Kier molecular flexibility index (Phi) is 4.21. The maximum absolute atomic E-state index is 3.55. The lowest BCUT2D eigenvalue weighted by Gasteiger charge is -2.19. The summed E-state index contributed by atoms with van der Waals surface area (Å²) in [6.45, 7) is 7.09. The van der Waals surface area contributed by atoms with Gasteiger partial charge in [0.1, 0.15) is 0 Å². The highest BCUT2D eigenvalue weighted by atomic mass is 28.3. The van der Waals surface area contributed by atoms with Gasteiger partial charge in [-0.25, -0.2) is 0 Å². The highest BCUT2D eigenvalue weighted by Crippen LogP contribution is 2.24. The SMILES string of the molecule is C[Si](C)(C)C(=C=Cc1ccccc1)c1ccccc1. The Labute approximate surface area is 117 Å². The van der Waals surface area contributed by atoms with Crippen molar-refractivity contribution >= 4 is 19.3 Å². The van der Waals surface area contributed by atoms with Crippen molar-refractivity contribution in [2.45, 2.75) is 19.6 Å². The van der Waals surface area contributed by atoms with Gasteiger partial charge in [0.05, 0.1) is 8.07 Å². The Morgan fingerprint density at radius 2 is 1.37 bits per heavy atom. The minimum atomic E-state index is -1.41. The molecule has 0 saturated carbocycles. The number of rotatable bonds is 3. The van der Waals surface area contributed by atoms with E-state index in [0.717, 1.165) is 0 Å². The van der Waals surface area contributed by atoms with Gasteiger partial charge in [0.25, 0.3) is 0 Å². The fraction of sp³-hybridized carbons (Fsp3) is 0.167. The van der Waals surface area contributed by atoms with Gasteiger partial charge in [-0.15, -0.1) is 5.73 Å². The maximum atomic E-state index is 3.55. The predicted molar refractivity (Wildman–Crippen MR) is 87.6 cm³/mol. The molecule has 0 fully saturated rings. The van der Waals surface area contributed by atoms with E-state index in [-0.39, 0.29) is 0 Å². The van der Waals surface area contributed by atoms with Crippen molar-refractivity contribution in [1.29, 1.82) is 0 Å². The fourth-order valence-electron chi connectivity index (χ4n) is 2.04. The van der Waals surface area contributed by atoms with Crippen molar-refractivity contribution in [3.8, 4) is 0 Å². The fourth-order valence-corrected chi connectivity index (χ4v) is 3.58. The van der Waals surface area contributed by atoms with Crippen molar-refractivity contribution in [2.75, 3.05) is 0 Å². The topological polar surface area (TPSA) is 0 Å². The van der Waals surface area contributed by atoms with Gasteiger partial charge in [-0.3, -0.25) is 0 Å². The van der Waals surface area contributed by atoms with E-state index in [9.17, 15) is 0 Å². The molecule has 0 saturated heterocycles. The molecule has 1 heteroatoms. The van der Waals surface area contributed by atoms with E-state index in [2.05, 4.69) is 86.0 Å². The predicted octanol–water partition coefficient (Wildman–Crippen LogP) is 5.26. The van der Waals surface area contributed by atoms with Crippen LogP contribution in [0.15, 0.2) is 66.4 Å². The highest BCUT2D eigenvalue weighted by molar-refractivity contribution is 6.93. The van der Waals surface area contributed by atoms with Crippen molar-refractivity contribution in [3.05, 3.63) is 77.5 Å². The molecule has 0 radical (unpaired) electrons. The van der Waals surface area contributed by atoms with Crippen molar-refractivity contribution in [2.24, 2.45) is 0 Å². The van der Waals surface area contributed by atoms with E-state index in [1.165, 1.54) is 16.3 Å². The Bertz CT molecular complexity index is 583. The first-order valence-electron chi connectivity index (χ1n) is 6.65. The highest BCUT2D eigenvalue weighted by Gasteiger charge is 2.20. The summed E-state index contributed by atoms with van der Waals surface area (Å²) >= 11 is 0. The normalized spacial score (nSPS) is 10.7. The van der Waals surface area contributed by atoms with E-state index < -0.39 is 8.07 Å². The van der Waals surface area contributed by atoms with Gasteiger partial charge in [-0.1, -0.05) is 80.3 Å². The van der Waals surface area contributed by atoms with Crippen LogP contribution in [0.2, 0.25) is 19.6 Å². The average Bonchev–Trinajstić information content (AvgIpc) is 2.40. The zero-order valence-corrected chi connectivity index (χ0v) is 12.9. The minimum absolute atomic E-state index is 1.20. The summed E-state index contributed by atoms with van der Waals surface area (Å²) in [5, 5.41) is 1.37. The summed E-state index contributed by atoms with van der Waals surface area (Å²) in [4.78, 5) is 0. The third kappa shape index (κ3) is 3.82. The van der Waals surface area contributed by atoms with Crippen molar-refractivity contribution in [1.82, 2.24) is 0 Å². The molecule has 2 aromatic rings. The molecular formula is C18H20Si. The molecule has 0 aromatic heterocycles. The van der Waals surface area contributed by atoms with Crippen molar-refractivity contribution < 1.29 is 0 Å². The molecular weight excluding hydrogens is 244 g/mol. The van der Waals surface area contributed by atoms with Crippen LogP contribution in [0.5, 0.6) is 0 Å². The van der Waals surface area contributed by atoms with Gasteiger partial charge in [0.15, 0.2) is 0 Å². The largest absolute Gasteiger partial charge is 0.121 e. The first-order valence-corrected chi connectivity index (χ1v) is 10.1. The minimum Gasteiger partial charge on any atom is -0.121 e. The summed E-state index contributed by atoms with van der Waals surface area (Å²) in [6, 6.07) is 21.0. The molecule has 0 nitrogen and oxygen atoms in total. The second kappa shape index (κ2) is 5.88. The Morgan fingerprint density at radius 1 is 0.842 bits per heavy atom. The zero-order valence-electron chi connectivity index (χ0n) is 11.9. The number of hydrogen-bond donors (Lipinski definition) is 0. The van der Waals surface area contributed by atoms with Crippen LogP contribution in [0.1, 0.15) is 11.1 Å². The smallest absolute Gasteiger partial charge is 0.0883 e. The molecule has 2 rings (SSSR count). The molecule has 0 unspecified atom stereocenters. The Balaban J connectivity index is 2.48. The molecule has 0 atom stereocenters. The molecule has 0 aliphatic rings. The van der Waals surface area contributed by atoms with Crippen LogP contribution in [0, 0.1) is 0 Å². The summed E-state index contributed by atoms with van der Waals surface area (Å²) in [5.74, 6) is 0. The van der Waals surface area contributed by atoms with Crippen LogP contribution < -0.4 is 0 Å². The zero-order chi connectivity index (χ0) is 13.7. The van der Waals surface area contributed by atoms with E-state index in [0.29, 0.717) is 0 Å². The molecule has 0 spiro atoms. The van der Waals surface area contributed by atoms with Gasteiger partial charge in [-0.2, -0.15) is 0 Å². The molecule has 96 valence electrons. The van der Waals surface area contributed by atoms with Crippen LogP contribution in [0.3, 0.4) is 0 Å². The van der Waals surface area contributed by atoms with Gasteiger partial charge in [0, 0.05) is 0 Å². The Hall–Kier alpha value is -1.82. The van der Waals surface area contributed by atoms with Crippen LogP contribution >= 0.6 is 0 Å². The van der Waals surface area contributed by atoms with Crippen LogP contribution in [-0.2, 0) is 0 Å². The molecule has 0 heterocycles. The van der Waals surface area contributed by atoms with E-state index >= 15 is 0 Å². The lowest BCUT2D eigenvalue weighted by Crippen LogP contribution is -2.22. The summed E-state index contributed by atoms with van der Waals surface area (Å²) in [5.41, 5.74) is 6.05. The molecule has 0 aliphatic carbocycles. The average molecular weight is 264 g/mol. The maximum Gasteiger partial charge on any atom is 0.0883 e. The number of benzene rings is 2. The second-order valence-corrected chi connectivity index (χ2v) is 10.7. The van der Waals surface area contributed by atoms with Crippen molar-refractivity contribution in [3.63, 3.8) is 0 Å². The first kappa shape index (κ1) is 13.6. The Morgan fingerprint density at radius 3 is 1.89 bits per heavy atom. The van der Waals surface area contributed by atoms with Gasteiger partial charge >= 0.3 is 0 Å². The third-order valence-corrected chi connectivity index (χ3v) is 4.93. The molecule has 0 amide bonds. The second-order valence-electron chi connectivity index (χ2n) is 5.69. The van der Waals surface area contributed by atoms with Crippen LogP contribution in [0.25, 0.3) is 11.3 Å². The van der Waals surface area contributed by atoms with Crippen LogP contribution in [0.4, 0.5) is 0 Å². The molecule has 19 heavy (non-hydrogen) atoms. The summed E-state index contributed by atoms with van der Waals surface area (Å²) in [6.07, 6.45) is 2.10. The van der Waals surface area contributed by atoms with Gasteiger partial charge in [-0.05, 0) is 22.4 Å². The van der Waals surface area contributed by atoms with Gasteiger partial charge < -0.3 is 0 Å². The summed E-state index contributed by atoms with van der Waals surface area (Å²) < 4.78 is 0. The van der Waals surface area contributed by atoms with Crippen LogP contribution in [-0.4, -0.2) is 8.07 Å². The molecule has 0 aliphatic heterocycles. The van der Waals surface area contributed by atoms with E-state index in [4.69, 9.17) is 0 Å². The summed E-state index contributed by atoms with van der Waals surface area (Å²) in [7, 11) is -1.41. The standard InChI is InChI=1S/C18H20Si/c1-19(2,3)18(17-12-8-5-9-13-17)15-14-16-10-6-4-7-11-16/h4-14H,1-3H3. The first-order chi connectivity index (χ1) is 9.07. The van der Waals surface area contributed by atoms with Gasteiger partial charge in [0.2, 0.25) is 0 Å². The number of hydrogen-bond acceptors (Lipinski definition) is 0. The lowest BCUT2D eigenvalue weighted by atomic mass is 10.2. The monoisotopic (exact) mass is 264 g/mol. The molecule has 2 aromatic carbocycles. The van der Waals surface area contributed by atoms with E-state index in [1.54, 1.807) is 0 Å². The third-order valence-electron chi connectivity index (χ3n) is 3.00. The van der Waals surface area contributed by atoms with E-state index in [1.807, 2.05) is 6.07 Å². The lowest BCUT2D eigenvalue weighted by molar-refractivity contribution is 1.62. The quantitative estimate of drug-likeness (QED) is 0.524.